The quantitative estimate of drug-likeness (QED) is 0.612. The van der Waals surface area contributed by atoms with Crippen molar-refractivity contribution in [2.24, 2.45) is 0 Å². The normalized spacial score (nSPS) is 23.9. The third-order valence-electron chi connectivity index (χ3n) is 7.28. The minimum atomic E-state index is -3.97. The summed E-state index contributed by atoms with van der Waals surface area (Å²) in [7, 11) is -3.97. The minimum Gasteiger partial charge on any atom is -0.336 e. The maximum absolute atomic E-state index is 13.9. The van der Waals surface area contributed by atoms with E-state index in [1.807, 2.05) is 30.3 Å². The van der Waals surface area contributed by atoms with Crippen molar-refractivity contribution in [1.29, 1.82) is 5.26 Å². The molecule has 35 heavy (non-hydrogen) atoms. The van der Waals surface area contributed by atoms with Crippen molar-refractivity contribution in [3.05, 3.63) is 64.1 Å². The molecular formula is C25H23Cl2N3O4S. The summed E-state index contributed by atoms with van der Waals surface area (Å²) >= 11 is 12.1. The van der Waals surface area contributed by atoms with Crippen molar-refractivity contribution in [3.63, 3.8) is 0 Å². The van der Waals surface area contributed by atoms with Crippen LogP contribution in [0.3, 0.4) is 0 Å². The highest BCUT2D eigenvalue weighted by molar-refractivity contribution is 7.92. The van der Waals surface area contributed by atoms with Crippen molar-refractivity contribution < 1.29 is 18.0 Å². The van der Waals surface area contributed by atoms with Crippen molar-refractivity contribution in [1.82, 2.24) is 10.2 Å². The Morgan fingerprint density at radius 3 is 2.31 bits per heavy atom. The predicted molar refractivity (Wildman–Crippen MR) is 131 cm³/mol. The first-order valence-corrected chi connectivity index (χ1v) is 13.7. The number of hydrogen-bond donors (Lipinski definition) is 1. The van der Waals surface area contributed by atoms with Crippen LogP contribution in [0.15, 0.2) is 53.4 Å². The molecule has 182 valence electrons. The zero-order valence-electron chi connectivity index (χ0n) is 18.7. The van der Waals surface area contributed by atoms with E-state index in [0.29, 0.717) is 30.7 Å². The number of likely N-dealkylation sites (tertiary alicyclic amines) is 1. The molecular weight excluding hydrogens is 509 g/mol. The van der Waals surface area contributed by atoms with E-state index in [9.17, 15) is 23.3 Å². The first-order chi connectivity index (χ1) is 16.6. The van der Waals surface area contributed by atoms with Crippen LogP contribution >= 0.6 is 23.2 Å². The largest absolute Gasteiger partial charge is 0.336 e. The van der Waals surface area contributed by atoms with Crippen LogP contribution in [0.1, 0.15) is 37.7 Å². The van der Waals surface area contributed by atoms with Crippen LogP contribution in [0.25, 0.3) is 0 Å². The summed E-state index contributed by atoms with van der Waals surface area (Å²) in [5.74, 6) is -0.758. The summed E-state index contributed by atoms with van der Waals surface area (Å²) in [4.78, 5) is 28.5. The highest BCUT2D eigenvalue weighted by Crippen LogP contribution is 2.51. The summed E-state index contributed by atoms with van der Waals surface area (Å²) < 4.78 is 27.1. The number of amides is 2. The highest BCUT2D eigenvalue weighted by Gasteiger charge is 2.58. The van der Waals surface area contributed by atoms with Gasteiger partial charge in [-0.3, -0.25) is 9.59 Å². The number of nitriles is 1. The molecule has 0 radical (unpaired) electrons. The van der Waals surface area contributed by atoms with Gasteiger partial charge in [0.2, 0.25) is 11.8 Å². The molecule has 1 saturated heterocycles. The van der Waals surface area contributed by atoms with E-state index in [1.165, 1.54) is 23.1 Å². The van der Waals surface area contributed by atoms with Gasteiger partial charge in [-0.25, -0.2) is 8.42 Å². The number of halogens is 2. The molecule has 2 aromatic carbocycles. The molecule has 1 N–H and O–H groups in total. The lowest BCUT2D eigenvalue weighted by atomic mass is 9.94. The van der Waals surface area contributed by atoms with Crippen molar-refractivity contribution >= 4 is 44.9 Å². The van der Waals surface area contributed by atoms with Crippen LogP contribution in [0.4, 0.5) is 0 Å². The number of nitrogens with one attached hydrogen (secondary N) is 1. The Hall–Kier alpha value is -2.60. The van der Waals surface area contributed by atoms with E-state index < -0.39 is 38.0 Å². The lowest BCUT2D eigenvalue weighted by Crippen LogP contribution is -2.51. The van der Waals surface area contributed by atoms with Crippen LogP contribution in [-0.4, -0.2) is 48.5 Å². The fourth-order valence-electron chi connectivity index (χ4n) is 4.87. The number of sulfone groups is 1. The molecule has 7 nitrogen and oxygen atoms in total. The molecule has 0 spiro atoms. The molecule has 2 aliphatic carbocycles. The van der Waals surface area contributed by atoms with E-state index in [1.54, 1.807) is 0 Å². The molecule has 5 rings (SSSR count). The van der Waals surface area contributed by atoms with Crippen LogP contribution < -0.4 is 5.32 Å². The van der Waals surface area contributed by atoms with E-state index in [-0.39, 0.29) is 28.8 Å². The fraction of sp³-hybridized carbons (Fsp3) is 0.400. The van der Waals surface area contributed by atoms with Gasteiger partial charge in [0.1, 0.15) is 11.6 Å². The van der Waals surface area contributed by atoms with Gasteiger partial charge in [-0.05, 0) is 55.9 Å². The molecule has 3 aliphatic rings. The number of carbonyl (C=O) groups is 2. The molecule has 1 heterocycles. The number of carbonyl (C=O) groups excluding carboxylic acids is 2. The Morgan fingerprint density at radius 1 is 1.06 bits per heavy atom. The van der Waals surface area contributed by atoms with Gasteiger partial charge in [0.05, 0.1) is 26.7 Å². The van der Waals surface area contributed by atoms with Crippen LogP contribution in [-0.2, 0) is 24.8 Å². The Kier molecular flexibility index (Phi) is 5.86. The molecule has 0 aromatic heterocycles. The van der Waals surface area contributed by atoms with Gasteiger partial charge >= 0.3 is 0 Å². The van der Waals surface area contributed by atoms with Crippen LogP contribution in [0.5, 0.6) is 0 Å². The first-order valence-electron chi connectivity index (χ1n) is 11.4. The van der Waals surface area contributed by atoms with Gasteiger partial charge in [-0.1, -0.05) is 53.5 Å². The number of rotatable bonds is 6. The SMILES string of the molecule is N#CC1(NC(=O)[C@@H]2CC(S(=O)(=O)c3ccc(Cl)cc3Cl)CN2C(=O)C2(c3ccccc3)CC2)CC1. The van der Waals surface area contributed by atoms with Gasteiger partial charge in [0.25, 0.3) is 0 Å². The molecule has 2 saturated carbocycles. The van der Waals surface area contributed by atoms with Crippen LogP contribution in [0.2, 0.25) is 10.0 Å². The van der Waals surface area contributed by atoms with Crippen molar-refractivity contribution in [2.75, 3.05) is 6.54 Å². The van der Waals surface area contributed by atoms with Crippen molar-refractivity contribution in [3.8, 4) is 6.07 Å². The third kappa shape index (κ3) is 4.20. The third-order valence-corrected chi connectivity index (χ3v) is 10.1. The maximum atomic E-state index is 13.9. The Morgan fingerprint density at radius 2 is 1.74 bits per heavy atom. The van der Waals surface area contributed by atoms with Gasteiger partial charge in [0.15, 0.2) is 9.84 Å². The van der Waals surface area contributed by atoms with E-state index >= 15 is 0 Å². The van der Waals surface area contributed by atoms with Crippen LogP contribution in [0, 0.1) is 11.3 Å². The smallest absolute Gasteiger partial charge is 0.244 e. The number of hydrogen-bond acceptors (Lipinski definition) is 5. The monoisotopic (exact) mass is 531 g/mol. The average molecular weight is 532 g/mol. The number of benzene rings is 2. The average Bonchev–Trinajstić information content (AvgIpc) is 3.75. The van der Waals surface area contributed by atoms with E-state index in [2.05, 4.69) is 11.4 Å². The summed E-state index contributed by atoms with van der Waals surface area (Å²) in [6.07, 6.45) is 2.25. The van der Waals surface area contributed by atoms with Gasteiger partial charge in [-0.2, -0.15) is 5.26 Å². The molecule has 1 unspecified atom stereocenters. The maximum Gasteiger partial charge on any atom is 0.244 e. The fourth-order valence-corrected chi connectivity index (χ4v) is 7.34. The Labute approximate surface area is 213 Å². The van der Waals surface area contributed by atoms with Gasteiger partial charge < -0.3 is 10.2 Å². The number of nitrogens with zero attached hydrogens (tertiary/aromatic N) is 2. The zero-order chi connectivity index (χ0) is 25.0. The van der Waals surface area contributed by atoms with Gasteiger partial charge in [0, 0.05) is 11.6 Å². The summed E-state index contributed by atoms with van der Waals surface area (Å²) in [5, 5.41) is 11.5. The molecule has 1 aliphatic heterocycles. The lowest BCUT2D eigenvalue weighted by Gasteiger charge is -2.29. The van der Waals surface area contributed by atoms with E-state index in [4.69, 9.17) is 23.2 Å². The summed E-state index contributed by atoms with van der Waals surface area (Å²) in [6.45, 7) is -0.133. The summed E-state index contributed by atoms with van der Waals surface area (Å²) in [6, 6.07) is 14.6. The minimum absolute atomic E-state index is 0.00681. The molecule has 2 aromatic rings. The standard InChI is InChI=1S/C25H23Cl2N3O4S/c26-17-6-7-21(19(27)12-17)35(33,34)18-13-20(22(31)29-24(15-28)8-9-24)30(14-18)23(32)25(10-11-25)16-4-2-1-3-5-16/h1-7,12,18,20H,8-11,13-14H2,(H,29,31)/t18?,20-/m0/s1. The Balaban J connectivity index is 1.48. The molecule has 2 amide bonds. The molecule has 10 heteroatoms. The molecule has 2 atom stereocenters. The predicted octanol–water partition coefficient (Wildman–Crippen LogP) is 3.64. The van der Waals surface area contributed by atoms with Gasteiger partial charge in [-0.15, -0.1) is 0 Å². The Bertz CT molecular complexity index is 1350. The first kappa shape index (κ1) is 24.1. The summed E-state index contributed by atoms with van der Waals surface area (Å²) in [5.41, 5.74) is -0.839. The second-order valence-corrected chi connectivity index (χ2v) is 12.6. The second-order valence-electron chi connectivity index (χ2n) is 9.58. The zero-order valence-corrected chi connectivity index (χ0v) is 21.0. The second kappa shape index (κ2) is 8.51. The highest BCUT2D eigenvalue weighted by atomic mass is 35.5. The van der Waals surface area contributed by atoms with E-state index in [0.717, 1.165) is 5.56 Å². The molecule has 0 bridgehead atoms. The topological polar surface area (TPSA) is 107 Å². The van der Waals surface area contributed by atoms with Crippen molar-refractivity contribution in [2.45, 2.75) is 59.2 Å². The molecule has 3 fully saturated rings. The lowest BCUT2D eigenvalue weighted by molar-refractivity contribution is -0.140.